The molecule has 196 valence electrons. The van der Waals surface area contributed by atoms with Crippen LogP contribution in [0.25, 0.3) is 11.2 Å². The summed E-state index contributed by atoms with van der Waals surface area (Å²) in [7, 11) is -9.16. The summed E-state index contributed by atoms with van der Waals surface area (Å²) < 4.78 is 42.3. The molecule has 0 aromatic carbocycles. The quantitative estimate of drug-likeness (QED) is 0.207. The topological polar surface area (TPSA) is 217 Å². The molecule has 0 unspecified atom stereocenters. The third kappa shape index (κ3) is 6.17. The molecule has 2 aliphatic rings. The zero-order valence-electron chi connectivity index (χ0n) is 18.8. The Labute approximate surface area is 201 Å². The van der Waals surface area contributed by atoms with Crippen molar-refractivity contribution in [3.05, 3.63) is 11.8 Å². The van der Waals surface area contributed by atoms with Crippen LogP contribution < -0.4 is 5.32 Å². The Morgan fingerprint density at radius 1 is 1.20 bits per heavy atom. The van der Waals surface area contributed by atoms with E-state index in [4.69, 9.17) is 14.5 Å². The first-order valence-electron chi connectivity index (χ1n) is 11.4. The molecule has 16 heteroatoms. The van der Waals surface area contributed by atoms with Gasteiger partial charge in [-0.1, -0.05) is 18.1 Å². The molecule has 3 heterocycles. The Kier molecular flexibility index (Phi) is 7.79. The molecule has 14 nitrogen and oxygen atoms in total. The number of anilines is 1. The lowest BCUT2D eigenvalue weighted by molar-refractivity contribution is -0.0375. The van der Waals surface area contributed by atoms with Crippen LogP contribution in [0.15, 0.2) is 6.07 Å². The van der Waals surface area contributed by atoms with Crippen LogP contribution in [0, 0.1) is 0 Å². The molecule has 35 heavy (non-hydrogen) atoms. The lowest BCUT2D eigenvalue weighted by Crippen LogP contribution is -2.36. The van der Waals surface area contributed by atoms with Crippen LogP contribution in [0.5, 0.6) is 0 Å². The van der Waals surface area contributed by atoms with Crippen LogP contribution >= 0.6 is 7.60 Å². The molecular weight excluding hydrogens is 505 g/mol. The fourth-order valence-corrected chi connectivity index (χ4v) is 7.81. The van der Waals surface area contributed by atoms with Gasteiger partial charge in [-0.2, -0.15) is 4.68 Å². The first kappa shape index (κ1) is 26.4. The van der Waals surface area contributed by atoms with Gasteiger partial charge in [0.2, 0.25) is 0 Å². The number of aliphatic hydroxyl groups is 3. The van der Waals surface area contributed by atoms with E-state index in [-0.39, 0.29) is 18.3 Å². The van der Waals surface area contributed by atoms with E-state index in [2.05, 4.69) is 20.6 Å². The van der Waals surface area contributed by atoms with E-state index in [9.17, 15) is 28.3 Å². The average Bonchev–Trinajstić information content (AvgIpc) is 3.47. The van der Waals surface area contributed by atoms with E-state index in [0.29, 0.717) is 29.7 Å². The maximum absolute atomic E-state index is 12.2. The SMILES string of the molecule is O=P(O)(O)CS(=O)(=O)C[C@H]1O[C@@H](n2nnc3c(NC4CCCC4)cc(CCCO)nc32)[C@H](O)[C@@H]1O. The number of nitrogens with one attached hydrogen (secondary N) is 1. The fraction of sp³-hybridized carbons (Fsp3) is 0.737. The molecule has 6 N–H and O–H groups in total. The van der Waals surface area contributed by atoms with Crippen molar-refractivity contribution in [2.45, 2.75) is 69.1 Å². The molecule has 2 fully saturated rings. The van der Waals surface area contributed by atoms with Crippen LogP contribution in [-0.2, 0) is 25.6 Å². The van der Waals surface area contributed by atoms with Crippen LogP contribution in [0.3, 0.4) is 0 Å². The Balaban J connectivity index is 1.63. The first-order valence-corrected chi connectivity index (χ1v) is 15.0. The van der Waals surface area contributed by atoms with Crippen LogP contribution in [0.1, 0.15) is 44.0 Å². The van der Waals surface area contributed by atoms with Gasteiger partial charge in [0.05, 0.1) is 11.4 Å². The van der Waals surface area contributed by atoms with Crippen molar-refractivity contribution in [2.24, 2.45) is 0 Å². The van der Waals surface area contributed by atoms with Gasteiger partial charge >= 0.3 is 7.60 Å². The summed E-state index contributed by atoms with van der Waals surface area (Å²) in [6.45, 7) is -0.0238. The number of fused-ring (bicyclic) bond motifs is 1. The highest BCUT2D eigenvalue weighted by Gasteiger charge is 2.47. The highest BCUT2D eigenvalue weighted by molar-refractivity contribution is 7.97. The van der Waals surface area contributed by atoms with Crippen molar-refractivity contribution < 1.29 is 42.8 Å². The zero-order valence-corrected chi connectivity index (χ0v) is 20.6. The standard InChI is InChI=1S/C19H30N5O9PS/c25-7-3-6-12-8-13(20-11-4-1-2-5-11)15-18(21-12)24(23-22-15)19-17(27)16(26)14(33-19)9-35(31,32)10-34(28,29)30/h8,11,14,16-17,19,25-27H,1-7,9-10H2,(H,20,21)(H2,28,29,30)/t14-,16-,17-,19-/m1/s1. The number of aryl methyl sites for hydroxylation is 1. The van der Waals surface area contributed by atoms with Crippen molar-refractivity contribution >= 4 is 34.3 Å². The van der Waals surface area contributed by atoms with Gasteiger partial charge in [0.1, 0.15) is 18.3 Å². The van der Waals surface area contributed by atoms with Crippen LogP contribution in [0.2, 0.25) is 0 Å². The van der Waals surface area contributed by atoms with Crippen molar-refractivity contribution in [1.82, 2.24) is 20.0 Å². The van der Waals surface area contributed by atoms with Gasteiger partial charge in [-0.3, -0.25) is 4.57 Å². The molecule has 2 aromatic rings. The summed E-state index contributed by atoms with van der Waals surface area (Å²) >= 11 is 0. The summed E-state index contributed by atoms with van der Waals surface area (Å²) in [6.07, 6.45) is -0.838. The van der Waals surface area contributed by atoms with Crippen molar-refractivity contribution in [3.8, 4) is 0 Å². The van der Waals surface area contributed by atoms with Gasteiger partial charge < -0.3 is 35.2 Å². The van der Waals surface area contributed by atoms with Crippen molar-refractivity contribution in [1.29, 1.82) is 0 Å². The van der Waals surface area contributed by atoms with Gasteiger partial charge in [0.25, 0.3) is 0 Å². The molecule has 0 bridgehead atoms. The molecule has 1 aliphatic heterocycles. The number of aliphatic hydroxyl groups excluding tert-OH is 3. The highest BCUT2D eigenvalue weighted by Crippen LogP contribution is 2.38. The third-order valence-corrected chi connectivity index (χ3v) is 9.91. The molecule has 1 saturated heterocycles. The van der Waals surface area contributed by atoms with E-state index < -0.39 is 53.2 Å². The van der Waals surface area contributed by atoms with E-state index in [0.717, 1.165) is 25.7 Å². The zero-order chi connectivity index (χ0) is 25.4. The molecule has 0 spiro atoms. The van der Waals surface area contributed by atoms with Gasteiger partial charge in [0.15, 0.2) is 32.7 Å². The number of pyridine rings is 1. The number of hydrogen-bond donors (Lipinski definition) is 6. The van der Waals surface area contributed by atoms with Gasteiger partial charge in [0, 0.05) is 18.3 Å². The maximum atomic E-state index is 12.2. The Bertz CT molecular complexity index is 1200. The number of nitrogens with zero attached hydrogens (tertiary/aromatic N) is 4. The fourth-order valence-electron chi connectivity index (χ4n) is 4.56. The Morgan fingerprint density at radius 3 is 2.57 bits per heavy atom. The lowest BCUT2D eigenvalue weighted by atomic mass is 10.1. The summed E-state index contributed by atoms with van der Waals surface area (Å²) in [5.74, 6) is -0.900. The predicted molar refractivity (Wildman–Crippen MR) is 123 cm³/mol. The normalized spacial score (nSPS) is 26.1. The minimum Gasteiger partial charge on any atom is -0.396 e. The Morgan fingerprint density at radius 2 is 1.91 bits per heavy atom. The predicted octanol–water partition coefficient (Wildman–Crippen LogP) is -0.725. The molecule has 4 atom stereocenters. The number of sulfone groups is 1. The summed E-state index contributed by atoms with van der Waals surface area (Å²) in [5.41, 5.74) is 0.591. The number of rotatable bonds is 10. The maximum Gasteiger partial charge on any atom is 0.340 e. The summed E-state index contributed by atoms with van der Waals surface area (Å²) in [6, 6.07) is 2.10. The molecule has 0 radical (unpaired) electrons. The van der Waals surface area contributed by atoms with E-state index in [1.807, 2.05) is 6.07 Å². The van der Waals surface area contributed by atoms with Gasteiger partial charge in [-0.05, 0) is 31.7 Å². The third-order valence-electron chi connectivity index (χ3n) is 6.15. The van der Waals surface area contributed by atoms with Gasteiger partial charge in [-0.15, -0.1) is 5.10 Å². The largest absolute Gasteiger partial charge is 0.396 e. The molecule has 2 aromatic heterocycles. The average molecular weight is 536 g/mol. The second-order valence-electron chi connectivity index (χ2n) is 9.07. The summed E-state index contributed by atoms with van der Waals surface area (Å²) in [4.78, 5) is 22.6. The molecule has 1 saturated carbocycles. The van der Waals surface area contributed by atoms with Crippen molar-refractivity contribution in [3.63, 3.8) is 0 Å². The second-order valence-corrected chi connectivity index (χ2v) is 13.3. The summed E-state index contributed by atoms with van der Waals surface area (Å²) in [5, 5.41) is 42.0. The Hall–Kier alpha value is -1.71. The molecule has 0 amide bonds. The highest BCUT2D eigenvalue weighted by atomic mass is 32.2. The van der Waals surface area contributed by atoms with Crippen LogP contribution in [0.4, 0.5) is 5.69 Å². The number of hydrogen-bond acceptors (Lipinski definition) is 11. The molecular formula is C19H30N5O9PS. The minimum atomic E-state index is -4.86. The van der Waals surface area contributed by atoms with Crippen LogP contribution in [-0.4, -0.2) is 95.7 Å². The molecule has 1 aliphatic carbocycles. The number of ether oxygens (including phenoxy) is 1. The minimum absolute atomic E-state index is 0.0238. The smallest absolute Gasteiger partial charge is 0.340 e. The monoisotopic (exact) mass is 535 g/mol. The van der Waals surface area contributed by atoms with Crippen molar-refractivity contribution in [2.75, 3.05) is 23.2 Å². The van der Waals surface area contributed by atoms with E-state index in [1.54, 1.807) is 0 Å². The van der Waals surface area contributed by atoms with E-state index in [1.165, 1.54) is 4.68 Å². The number of aromatic nitrogens is 4. The lowest BCUT2D eigenvalue weighted by Gasteiger charge is -2.17. The molecule has 4 rings (SSSR count). The van der Waals surface area contributed by atoms with Gasteiger partial charge in [-0.25, -0.2) is 13.4 Å². The van der Waals surface area contributed by atoms with E-state index >= 15 is 0 Å². The second kappa shape index (κ2) is 10.3. The first-order chi connectivity index (χ1) is 16.5.